The molecule has 108 valence electrons. The molecular formula is C14H15Cl2NO2S. The first-order valence-electron chi connectivity index (χ1n) is 6.10. The Hall–Kier alpha value is -0.810. The van der Waals surface area contributed by atoms with Crippen LogP contribution in [0, 0.1) is 0 Å². The maximum Gasteiger partial charge on any atom is 0.263 e. The average Bonchev–Trinajstić information content (AvgIpc) is 2.65. The number of carbonyl (C=O) groups excluding carboxylic acids is 1. The van der Waals surface area contributed by atoms with Gasteiger partial charge in [-0.2, -0.15) is 0 Å². The van der Waals surface area contributed by atoms with Gasteiger partial charge in [-0.3, -0.25) is 4.79 Å². The zero-order chi connectivity index (χ0) is 15.1. The zero-order valence-corrected chi connectivity index (χ0v) is 13.7. The van der Waals surface area contributed by atoms with Crippen molar-refractivity contribution in [2.24, 2.45) is 0 Å². The minimum Gasteiger partial charge on any atom is -0.391 e. The minimum absolute atomic E-state index is 0.293. The van der Waals surface area contributed by atoms with Crippen molar-refractivity contribution in [3.05, 3.63) is 33.1 Å². The molecule has 2 N–H and O–H groups in total. The summed E-state index contributed by atoms with van der Waals surface area (Å²) in [5, 5.41) is 14.3. The Morgan fingerprint density at radius 2 is 2.05 bits per heavy atom. The topological polar surface area (TPSA) is 49.3 Å². The molecule has 1 unspecified atom stereocenters. The number of hydrogen-bond acceptors (Lipinski definition) is 3. The summed E-state index contributed by atoms with van der Waals surface area (Å²) in [7, 11) is 0. The first kappa shape index (κ1) is 15.6. The van der Waals surface area contributed by atoms with Gasteiger partial charge in [-0.15, -0.1) is 11.3 Å². The van der Waals surface area contributed by atoms with Crippen molar-refractivity contribution in [1.82, 2.24) is 5.32 Å². The number of amides is 1. The largest absolute Gasteiger partial charge is 0.391 e. The van der Waals surface area contributed by atoms with E-state index in [0.717, 1.165) is 10.1 Å². The molecule has 1 aromatic heterocycles. The van der Waals surface area contributed by atoms with Crippen LogP contribution in [0.3, 0.4) is 0 Å². The summed E-state index contributed by atoms with van der Waals surface area (Å²) in [6, 6.07) is 5.32. The van der Waals surface area contributed by atoms with Crippen LogP contribution in [0.4, 0.5) is 0 Å². The van der Waals surface area contributed by atoms with Crippen molar-refractivity contribution in [2.45, 2.75) is 32.4 Å². The summed E-state index contributed by atoms with van der Waals surface area (Å²) in [5.41, 5.74) is -0.728. The van der Waals surface area contributed by atoms with E-state index in [4.69, 9.17) is 23.2 Å². The number of halogens is 2. The van der Waals surface area contributed by atoms with Crippen LogP contribution in [-0.2, 0) is 0 Å². The third kappa shape index (κ3) is 2.93. The van der Waals surface area contributed by atoms with Crippen molar-refractivity contribution in [1.29, 1.82) is 0 Å². The fraction of sp³-hybridized carbons (Fsp3) is 0.357. The summed E-state index contributed by atoms with van der Waals surface area (Å²) in [6.45, 7) is 5.15. The van der Waals surface area contributed by atoms with E-state index in [2.05, 4.69) is 5.32 Å². The predicted molar refractivity (Wildman–Crippen MR) is 85.1 cm³/mol. The predicted octanol–water partition coefficient (Wildman–Crippen LogP) is 4.10. The summed E-state index contributed by atoms with van der Waals surface area (Å²) < 4.78 is 0.863. The molecule has 2 rings (SSSR count). The van der Waals surface area contributed by atoms with Gasteiger partial charge in [0.1, 0.15) is 4.88 Å². The fourth-order valence-electron chi connectivity index (χ4n) is 1.64. The van der Waals surface area contributed by atoms with Crippen molar-refractivity contribution in [3.8, 4) is 0 Å². The van der Waals surface area contributed by atoms with Crippen LogP contribution in [0.1, 0.15) is 30.4 Å². The van der Waals surface area contributed by atoms with E-state index < -0.39 is 11.6 Å². The Kier molecular flexibility index (Phi) is 4.30. The van der Waals surface area contributed by atoms with Crippen LogP contribution in [0.5, 0.6) is 0 Å². The number of aliphatic hydroxyl groups is 1. The van der Waals surface area contributed by atoms with E-state index >= 15 is 0 Å². The molecule has 1 atom stereocenters. The fourth-order valence-corrected chi connectivity index (χ4v) is 3.33. The second-order valence-electron chi connectivity index (χ2n) is 5.24. The number of aliphatic hydroxyl groups excluding tert-OH is 1. The van der Waals surface area contributed by atoms with Gasteiger partial charge >= 0.3 is 0 Å². The van der Waals surface area contributed by atoms with Crippen LogP contribution < -0.4 is 5.32 Å². The van der Waals surface area contributed by atoms with Crippen LogP contribution in [0.25, 0.3) is 10.1 Å². The molecule has 0 aliphatic heterocycles. The SMILES string of the molecule is CC(O)C(C)(C)NC(=O)c1sc2cc(Cl)ccc2c1Cl. The van der Waals surface area contributed by atoms with Gasteiger partial charge in [-0.1, -0.05) is 29.3 Å². The van der Waals surface area contributed by atoms with Crippen molar-refractivity contribution in [2.75, 3.05) is 0 Å². The van der Waals surface area contributed by atoms with Crippen molar-refractivity contribution in [3.63, 3.8) is 0 Å². The monoisotopic (exact) mass is 331 g/mol. The quantitative estimate of drug-likeness (QED) is 0.889. The van der Waals surface area contributed by atoms with Gasteiger partial charge in [0, 0.05) is 15.1 Å². The molecule has 20 heavy (non-hydrogen) atoms. The van der Waals surface area contributed by atoms with E-state index in [1.165, 1.54) is 11.3 Å². The molecule has 3 nitrogen and oxygen atoms in total. The van der Waals surface area contributed by atoms with Gasteiger partial charge in [0.15, 0.2) is 0 Å². The lowest BCUT2D eigenvalue weighted by molar-refractivity contribution is 0.0713. The molecule has 0 aliphatic carbocycles. The van der Waals surface area contributed by atoms with E-state index in [9.17, 15) is 9.90 Å². The molecule has 0 saturated carbocycles. The van der Waals surface area contributed by atoms with Gasteiger partial charge in [0.25, 0.3) is 5.91 Å². The van der Waals surface area contributed by atoms with Crippen LogP contribution in [-0.4, -0.2) is 22.7 Å². The van der Waals surface area contributed by atoms with Crippen LogP contribution in [0.15, 0.2) is 18.2 Å². The van der Waals surface area contributed by atoms with E-state index in [1.807, 2.05) is 0 Å². The highest BCUT2D eigenvalue weighted by atomic mass is 35.5. The third-order valence-electron chi connectivity index (χ3n) is 3.28. The zero-order valence-electron chi connectivity index (χ0n) is 11.3. The molecule has 1 heterocycles. The number of fused-ring (bicyclic) bond motifs is 1. The van der Waals surface area contributed by atoms with Crippen molar-refractivity contribution < 1.29 is 9.90 Å². The Morgan fingerprint density at radius 1 is 1.40 bits per heavy atom. The number of benzene rings is 1. The number of rotatable bonds is 3. The Labute approximate surface area is 131 Å². The Morgan fingerprint density at radius 3 is 2.65 bits per heavy atom. The highest BCUT2D eigenvalue weighted by molar-refractivity contribution is 7.21. The second-order valence-corrected chi connectivity index (χ2v) is 7.10. The van der Waals surface area contributed by atoms with Crippen molar-refractivity contribution >= 4 is 50.5 Å². The number of carbonyl (C=O) groups is 1. The summed E-state index contributed by atoms with van der Waals surface area (Å²) in [6.07, 6.45) is -0.672. The number of hydrogen-bond donors (Lipinski definition) is 2. The van der Waals surface area contributed by atoms with Gasteiger partial charge in [0.2, 0.25) is 0 Å². The maximum absolute atomic E-state index is 12.3. The minimum atomic E-state index is -0.728. The molecule has 0 aliphatic rings. The molecule has 0 spiro atoms. The van der Waals surface area contributed by atoms with Gasteiger partial charge < -0.3 is 10.4 Å². The second kappa shape index (κ2) is 5.53. The molecule has 0 bridgehead atoms. The highest BCUT2D eigenvalue weighted by Gasteiger charge is 2.28. The summed E-state index contributed by atoms with van der Waals surface area (Å²) in [5.74, 6) is -0.293. The first-order chi connectivity index (χ1) is 9.22. The summed E-state index contributed by atoms with van der Waals surface area (Å²) in [4.78, 5) is 12.7. The van der Waals surface area contributed by atoms with E-state index in [-0.39, 0.29) is 5.91 Å². The Bertz CT molecular complexity index is 664. The average molecular weight is 332 g/mol. The molecule has 1 aromatic carbocycles. The number of thiophene rings is 1. The molecule has 1 amide bonds. The molecule has 2 aromatic rings. The molecule has 0 saturated heterocycles. The molecular weight excluding hydrogens is 317 g/mol. The lowest BCUT2D eigenvalue weighted by Crippen LogP contribution is -2.50. The van der Waals surface area contributed by atoms with E-state index in [1.54, 1.807) is 39.0 Å². The van der Waals surface area contributed by atoms with Gasteiger partial charge in [-0.05, 0) is 32.9 Å². The molecule has 0 fully saturated rings. The molecule has 6 heteroatoms. The first-order valence-corrected chi connectivity index (χ1v) is 7.68. The van der Waals surface area contributed by atoms with Crippen LogP contribution >= 0.6 is 34.5 Å². The van der Waals surface area contributed by atoms with E-state index in [0.29, 0.717) is 14.9 Å². The number of nitrogens with one attached hydrogen (secondary N) is 1. The third-order valence-corrected chi connectivity index (χ3v) is 5.17. The van der Waals surface area contributed by atoms with Crippen LogP contribution in [0.2, 0.25) is 10.0 Å². The maximum atomic E-state index is 12.3. The Balaban J connectivity index is 2.38. The highest BCUT2D eigenvalue weighted by Crippen LogP contribution is 2.36. The normalized spacial score (nSPS) is 13.5. The standard InChI is InChI=1S/C14H15Cl2NO2S/c1-7(18)14(2,3)17-13(19)12-11(16)9-5-4-8(15)6-10(9)20-12/h4-7,18H,1-3H3,(H,17,19). The molecule has 0 radical (unpaired) electrons. The smallest absolute Gasteiger partial charge is 0.263 e. The lowest BCUT2D eigenvalue weighted by Gasteiger charge is -2.29. The summed E-state index contributed by atoms with van der Waals surface area (Å²) >= 11 is 13.5. The van der Waals surface area contributed by atoms with Gasteiger partial charge in [0.05, 0.1) is 16.7 Å². The van der Waals surface area contributed by atoms with Gasteiger partial charge in [-0.25, -0.2) is 0 Å². The lowest BCUT2D eigenvalue weighted by atomic mass is 9.99.